The number of nitrogens with one attached hydrogen (secondary N) is 1. The molecule has 9 nitrogen and oxygen atoms in total. The van der Waals surface area contributed by atoms with Crippen LogP contribution in [0.25, 0.3) is 16.7 Å². The van der Waals surface area contributed by atoms with Crippen LogP contribution < -0.4 is 10.9 Å². The summed E-state index contributed by atoms with van der Waals surface area (Å²) in [6, 6.07) is 10.6. The van der Waals surface area contributed by atoms with Crippen molar-refractivity contribution < 1.29 is 9.53 Å². The molecule has 0 unspecified atom stereocenters. The minimum atomic E-state index is -0.241. The number of methoxy groups -OCH3 is 1. The quantitative estimate of drug-likeness (QED) is 0.320. The third-order valence-corrected chi connectivity index (χ3v) is 5.69. The fraction of sp³-hybridized carbons (Fsp3) is 0.250. The molecule has 31 heavy (non-hydrogen) atoms. The van der Waals surface area contributed by atoms with Crippen molar-refractivity contribution in [1.82, 2.24) is 24.1 Å². The first-order valence-corrected chi connectivity index (χ1v) is 10.8. The van der Waals surface area contributed by atoms with Crippen molar-refractivity contribution >= 4 is 51.8 Å². The largest absolute Gasteiger partial charge is 0.385 e. The van der Waals surface area contributed by atoms with Gasteiger partial charge in [0.15, 0.2) is 5.16 Å². The predicted molar refractivity (Wildman–Crippen MR) is 120 cm³/mol. The molecular formula is C20H19ClN6O3S. The van der Waals surface area contributed by atoms with Crippen LogP contribution in [0.4, 0.5) is 5.82 Å². The number of carbonyl (C=O) groups excluding carboxylic acids is 1. The van der Waals surface area contributed by atoms with Gasteiger partial charge in [-0.05, 0) is 30.7 Å². The number of thioether (sulfide) groups is 1. The highest BCUT2D eigenvalue weighted by molar-refractivity contribution is 7.99. The van der Waals surface area contributed by atoms with Gasteiger partial charge in [-0.1, -0.05) is 35.5 Å². The lowest BCUT2D eigenvalue weighted by atomic mass is 10.2. The van der Waals surface area contributed by atoms with Gasteiger partial charge in [0.1, 0.15) is 5.82 Å². The number of aryl methyl sites for hydroxylation is 1. The van der Waals surface area contributed by atoms with Gasteiger partial charge in [0, 0.05) is 26.5 Å². The predicted octanol–water partition coefficient (Wildman–Crippen LogP) is 2.86. The summed E-state index contributed by atoms with van der Waals surface area (Å²) < 4.78 is 8.51. The zero-order chi connectivity index (χ0) is 21.8. The van der Waals surface area contributed by atoms with Gasteiger partial charge in [-0.3, -0.25) is 18.6 Å². The molecule has 4 aromatic rings. The molecule has 1 amide bonds. The molecule has 0 saturated heterocycles. The van der Waals surface area contributed by atoms with E-state index in [9.17, 15) is 9.59 Å². The Balaban J connectivity index is 1.63. The molecule has 4 rings (SSSR count). The normalized spacial score (nSPS) is 11.3. The van der Waals surface area contributed by atoms with Gasteiger partial charge in [-0.25, -0.2) is 4.98 Å². The topological polar surface area (TPSA) is 103 Å². The number of ether oxygens (including phenoxy) is 1. The summed E-state index contributed by atoms with van der Waals surface area (Å²) in [6.45, 7) is 0.979. The third kappa shape index (κ3) is 4.55. The van der Waals surface area contributed by atoms with Crippen LogP contribution in [0.2, 0.25) is 5.02 Å². The minimum Gasteiger partial charge on any atom is -0.385 e. The van der Waals surface area contributed by atoms with Crippen molar-refractivity contribution in [3.8, 4) is 0 Å². The van der Waals surface area contributed by atoms with Crippen LogP contribution >= 0.6 is 23.4 Å². The second-order valence-electron chi connectivity index (χ2n) is 6.64. The van der Waals surface area contributed by atoms with Gasteiger partial charge < -0.3 is 10.1 Å². The van der Waals surface area contributed by atoms with E-state index >= 15 is 0 Å². The number of hydrogen-bond donors (Lipinski definition) is 1. The zero-order valence-electron chi connectivity index (χ0n) is 16.6. The van der Waals surface area contributed by atoms with Crippen molar-refractivity contribution in [3.63, 3.8) is 0 Å². The van der Waals surface area contributed by atoms with E-state index in [2.05, 4.69) is 20.5 Å². The zero-order valence-corrected chi connectivity index (χ0v) is 18.2. The summed E-state index contributed by atoms with van der Waals surface area (Å²) in [5, 5.41) is 12.8. The minimum absolute atomic E-state index is 0.0994. The second kappa shape index (κ2) is 9.46. The van der Waals surface area contributed by atoms with Crippen molar-refractivity contribution in [2.75, 3.05) is 24.8 Å². The van der Waals surface area contributed by atoms with Gasteiger partial charge >= 0.3 is 0 Å². The number of hydrogen-bond acceptors (Lipinski definition) is 7. The van der Waals surface area contributed by atoms with Gasteiger partial charge in [0.2, 0.25) is 11.7 Å². The van der Waals surface area contributed by atoms with E-state index in [1.807, 2.05) is 22.6 Å². The Kier molecular flexibility index (Phi) is 6.50. The summed E-state index contributed by atoms with van der Waals surface area (Å²) in [7, 11) is 1.62. The number of benzene rings is 1. The van der Waals surface area contributed by atoms with E-state index in [4.69, 9.17) is 16.3 Å². The Bertz CT molecular complexity index is 1290. The molecule has 3 heterocycles. The van der Waals surface area contributed by atoms with Gasteiger partial charge in [0.05, 0.1) is 21.7 Å². The van der Waals surface area contributed by atoms with Gasteiger partial charge in [-0.15, -0.1) is 10.2 Å². The molecule has 0 bridgehead atoms. The second-order valence-corrected chi connectivity index (χ2v) is 8.02. The van der Waals surface area contributed by atoms with Crippen molar-refractivity contribution in [3.05, 3.63) is 58.0 Å². The first-order valence-electron chi connectivity index (χ1n) is 9.48. The molecule has 0 atom stereocenters. The van der Waals surface area contributed by atoms with E-state index in [0.717, 1.165) is 0 Å². The van der Waals surface area contributed by atoms with E-state index in [1.165, 1.54) is 18.0 Å². The standard InChI is InChI=1S/C20H19ClN6O3S/c1-30-10-4-9-26-18(29)14-5-2-3-6-15(14)27-19(26)24-25-20(27)31-12-17(28)23-16-8-7-13(21)11-22-16/h2-3,5-8,11H,4,9-10,12H2,1H3,(H,22,23,28). The number of anilines is 1. The molecule has 0 radical (unpaired) electrons. The lowest BCUT2D eigenvalue weighted by Gasteiger charge is -2.11. The number of pyridine rings is 1. The van der Waals surface area contributed by atoms with E-state index in [0.29, 0.717) is 52.2 Å². The van der Waals surface area contributed by atoms with Crippen molar-refractivity contribution in [2.24, 2.45) is 0 Å². The summed E-state index contributed by atoms with van der Waals surface area (Å²) in [4.78, 5) is 29.4. The molecule has 0 aliphatic heterocycles. The van der Waals surface area contributed by atoms with Crippen LogP contribution in [0.3, 0.4) is 0 Å². The summed E-state index contributed by atoms with van der Waals surface area (Å²) >= 11 is 7.04. The number of carbonyl (C=O) groups is 1. The van der Waals surface area contributed by atoms with Crippen LogP contribution in [0.1, 0.15) is 6.42 Å². The summed E-state index contributed by atoms with van der Waals surface area (Å²) in [5.41, 5.74) is 0.562. The first kappa shape index (κ1) is 21.3. The number of rotatable bonds is 8. The highest BCUT2D eigenvalue weighted by atomic mass is 35.5. The molecule has 0 aliphatic carbocycles. The SMILES string of the molecule is COCCCn1c(=O)c2ccccc2n2c(SCC(=O)Nc3ccc(Cl)cn3)nnc12. The molecule has 3 aromatic heterocycles. The van der Waals surface area contributed by atoms with Crippen molar-refractivity contribution in [2.45, 2.75) is 18.1 Å². The van der Waals surface area contributed by atoms with Crippen LogP contribution in [-0.4, -0.2) is 49.5 Å². The molecule has 0 aliphatic rings. The van der Waals surface area contributed by atoms with E-state index in [-0.39, 0.29) is 17.2 Å². The molecule has 1 N–H and O–H groups in total. The summed E-state index contributed by atoms with van der Waals surface area (Å²) in [5.74, 6) is 0.706. The molecule has 1 aromatic carbocycles. The monoisotopic (exact) mass is 458 g/mol. The number of aromatic nitrogens is 5. The Morgan fingerprint density at radius 1 is 1.23 bits per heavy atom. The summed E-state index contributed by atoms with van der Waals surface area (Å²) in [6.07, 6.45) is 2.13. The molecule has 160 valence electrons. The number of halogens is 1. The Labute approximate surface area is 186 Å². The van der Waals surface area contributed by atoms with E-state index < -0.39 is 0 Å². The number of amides is 1. The lowest BCUT2D eigenvalue weighted by molar-refractivity contribution is -0.113. The van der Waals surface area contributed by atoms with Crippen LogP contribution in [0.15, 0.2) is 52.5 Å². The highest BCUT2D eigenvalue weighted by Gasteiger charge is 2.17. The maximum atomic E-state index is 13.0. The number of para-hydroxylation sites is 1. The highest BCUT2D eigenvalue weighted by Crippen LogP contribution is 2.22. The molecular weight excluding hydrogens is 440 g/mol. The maximum Gasteiger partial charge on any atom is 0.262 e. The van der Waals surface area contributed by atoms with Crippen molar-refractivity contribution in [1.29, 1.82) is 0 Å². The fourth-order valence-electron chi connectivity index (χ4n) is 3.15. The maximum absolute atomic E-state index is 13.0. The fourth-order valence-corrected chi connectivity index (χ4v) is 4.01. The molecule has 0 spiro atoms. The van der Waals surface area contributed by atoms with Crippen LogP contribution in [0.5, 0.6) is 0 Å². The molecule has 0 fully saturated rings. The average molecular weight is 459 g/mol. The Morgan fingerprint density at radius 2 is 2.06 bits per heavy atom. The number of fused-ring (bicyclic) bond motifs is 3. The third-order valence-electron chi connectivity index (χ3n) is 4.54. The van der Waals surface area contributed by atoms with Crippen LogP contribution in [0, 0.1) is 0 Å². The average Bonchev–Trinajstić information content (AvgIpc) is 3.20. The Morgan fingerprint density at radius 3 is 2.84 bits per heavy atom. The van der Waals surface area contributed by atoms with E-state index in [1.54, 1.807) is 29.9 Å². The number of nitrogens with zero attached hydrogens (tertiary/aromatic N) is 5. The molecule has 11 heteroatoms. The first-order chi connectivity index (χ1) is 15.1. The Hall–Kier alpha value is -2.95. The smallest absolute Gasteiger partial charge is 0.262 e. The lowest BCUT2D eigenvalue weighted by Crippen LogP contribution is -2.24. The van der Waals surface area contributed by atoms with Gasteiger partial charge in [0.25, 0.3) is 5.56 Å². The van der Waals surface area contributed by atoms with Crippen LogP contribution in [-0.2, 0) is 16.1 Å². The molecule has 0 saturated carbocycles. The van der Waals surface area contributed by atoms with Gasteiger partial charge in [-0.2, -0.15) is 0 Å².